The molecule has 0 amide bonds. The Kier molecular flexibility index (Phi) is 4.55. The van der Waals surface area contributed by atoms with E-state index in [1.165, 1.54) is 12.8 Å². The maximum absolute atomic E-state index is 5.73. The van der Waals surface area contributed by atoms with Gasteiger partial charge in [0.05, 0.1) is 6.61 Å². The van der Waals surface area contributed by atoms with Crippen molar-refractivity contribution in [3.05, 3.63) is 29.8 Å². The van der Waals surface area contributed by atoms with E-state index in [-0.39, 0.29) is 0 Å². The van der Waals surface area contributed by atoms with Gasteiger partial charge in [0, 0.05) is 31.5 Å². The van der Waals surface area contributed by atoms with Crippen molar-refractivity contribution in [2.75, 3.05) is 31.7 Å². The second-order valence-corrected chi connectivity index (χ2v) is 5.26. The fourth-order valence-electron chi connectivity index (χ4n) is 1.87. The summed E-state index contributed by atoms with van der Waals surface area (Å²) in [5.74, 6) is 0.819. The van der Waals surface area contributed by atoms with Crippen LogP contribution in [0.25, 0.3) is 0 Å². The number of rotatable bonds is 7. The van der Waals surface area contributed by atoms with Crippen LogP contribution in [0.1, 0.15) is 18.4 Å². The number of benzene rings is 1. The first kappa shape index (κ1) is 13.3. The standard InChI is InChI=1S/C14H20N2OS/c1-16(8-9-17-10-11-6-7-11)13-5-3-2-4-12(13)14(15)18/h2-5,11H,6-10H2,1H3,(H2,15,18). The van der Waals surface area contributed by atoms with Crippen LogP contribution in [-0.2, 0) is 4.74 Å². The molecule has 1 fully saturated rings. The zero-order chi connectivity index (χ0) is 13.0. The van der Waals surface area contributed by atoms with Gasteiger partial charge in [-0.3, -0.25) is 0 Å². The van der Waals surface area contributed by atoms with Gasteiger partial charge in [-0.2, -0.15) is 0 Å². The first-order valence-corrected chi connectivity index (χ1v) is 6.77. The average molecular weight is 264 g/mol. The van der Waals surface area contributed by atoms with E-state index in [4.69, 9.17) is 22.7 Å². The number of anilines is 1. The maximum Gasteiger partial charge on any atom is 0.106 e. The zero-order valence-electron chi connectivity index (χ0n) is 10.8. The van der Waals surface area contributed by atoms with Crippen LogP contribution in [0.5, 0.6) is 0 Å². The molecule has 0 saturated heterocycles. The highest BCUT2D eigenvalue weighted by Crippen LogP contribution is 2.28. The fraction of sp³-hybridized carbons (Fsp3) is 0.500. The van der Waals surface area contributed by atoms with E-state index in [0.29, 0.717) is 4.99 Å². The van der Waals surface area contributed by atoms with E-state index in [2.05, 4.69) is 4.90 Å². The number of hydrogen-bond donors (Lipinski definition) is 1. The summed E-state index contributed by atoms with van der Waals surface area (Å²) in [6.45, 7) is 2.51. The molecule has 0 bridgehead atoms. The molecule has 3 nitrogen and oxygen atoms in total. The van der Waals surface area contributed by atoms with Gasteiger partial charge in [0.25, 0.3) is 0 Å². The van der Waals surface area contributed by atoms with Gasteiger partial charge in [0.1, 0.15) is 4.99 Å². The van der Waals surface area contributed by atoms with Crippen LogP contribution < -0.4 is 10.6 Å². The van der Waals surface area contributed by atoms with Gasteiger partial charge in [-0.1, -0.05) is 24.4 Å². The van der Waals surface area contributed by atoms with Crippen molar-refractivity contribution in [3.8, 4) is 0 Å². The van der Waals surface area contributed by atoms with Crippen LogP contribution in [0, 0.1) is 5.92 Å². The third-order valence-electron chi connectivity index (χ3n) is 3.20. The lowest BCUT2D eigenvalue weighted by Gasteiger charge is -2.22. The number of para-hydroxylation sites is 1. The van der Waals surface area contributed by atoms with E-state index in [9.17, 15) is 0 Å². The largest absolute Gasteiger partial charge is 0.389 e. The molecule has 0 aromatic heterocycles. The summed E-state index contributed by atoms with van der Waals surface area (Å²) < 4.78 is 5.64. The lowest BCUT2D eigenvalue weighted by molar-refractivity contribution is 0.131. The van der Waals surface area contributed by atoms with Gasteiger partial charge >= 0.3 is 0 Å². The third kappa shape index (κ3) is 3.68. The summed E-state index contributed by atoms with van der Waals surface area (Å²) >= 11 is 5.07. The van der Waals surface area contributed by atoms with Gasteiger partial charge in [-0.15, -0.1) is 0 Å². The monoisotopic (exact) mass is 264 g/mol. The van der Waals surface area contributed by atoms with Crippen molar-refractivity contribution in [1.29, 1.82) is 0 Å². The molecule has 0 atom stereocenters. The van der Waals surface area contributed by atoms with Crippen molar-refractivity contribution in [1.82, 2.24) is 0 Å². The molecule has 2 rings (SSSR count). The SMILES string of the molecule is CN(CCOCC1CC1)c1ccccc1C(N)=S. The van der Waals surface area contributed by atoms with E-state index < -0.39 is 0 Å². The van der Waals surface area contributed by atoms with Crippen LogP contribution in [0.3, 0.4) is 0 Å². The molecule has 2 N–H and O–H groups in total. The summed E-state index contributed by atoms with van der Waals surface area (Å²) in [7, 11) is 2.04. The molecular weight excluding hydrogens is 244 g/mol. The van der Waals surface area contributed by atoms with Crippen LogP contribution in [0.2, 0.25) is 0 Å². The molecule has 0 unspecified atom stereocenters. The molecule has 1 aliphatic rings. The van der Waals surface area contributed by atoms with Gasteiger partial charge < -0.3 is 15.4 Å². The van der Waals surface area contributed by atoms with Crippen LogP contribution in [0.15, 0.2) is 24.3 Å². The van der Waals surface area contributed by atoms with Crippen molar-refractivity contribution >= 4 is 22.9 Å². The second kappa shape index (κ2) is 6.16. The lowest BCUT2D eigenvalue weighted by atomic mass is 10.1. The quantitative estimate of drug-likeness (QED) is 0.605. The summed E-state index contributed by atoms with van der Waals surface area (Å²) in [6.07, 6.45) is 2.67. The molecular formula is C14H20N2OS. The normalized spacial score (nSPS) is 14.5. The molecule has 0 aliphatic heterocycles. The van der Waals surface area contributed by atoms with Crippen molar-refractivity contribution in [3.63, 3.8) is 0 Å². The topological polar surface area (TPSA) is 38.5 Å². The molecule has 0 radical (unpaired) electrons. The Bertz CT molecular complexity index is 418. The van der Waals surface area contributed by atoms with Crippen LogP contribution >= 0.6 is 12.2 Å². The highest BCUT2D eigenvalue weighted by molar-refractivity contribution is 7.80. The molecule has 1 aliphatic carbocycles. The fourth-order valence-corrected chi connectivity index (χ4v) is 2.04. The Morgan fingerprint density at radius 2 is 2.17 bits per heavy atom. The first-order valence-electron chi connectivity index (χ1n) is 6.36. The molecule has 0 spiro atoms. The number of hydrogen-bond acceptors (Lipinski definition) is 3. The predicted molar refractivity (Wildman–Crippen MR) is 79.1 cm³/mol. The number of likely N-dealkylation sites (N-methyl/N-ethyl adjacent to an activating group) is 1. The Labute approximate surface area is 114 Å². The molecule has 1 aromatic rings. The minimum atomic E-state index is 0.441. The molecule has 0 heterocycles. The summed E-state index contributed by atoms with van der Waals surface area (Å²) in [5.41, 5.74) is 7.73. The number of ether oxygens (including phenoxy) is 1. The van der Waals surface area contributed by atoms with E-state index in [1.807, 2.05) is 31.3 Å². The molecule has 98 valence electrons. The smallest absolute Gasteiger partial charge is 0.106 e. The summed E-state index contributed by atoms with van der Waals surface area (Å²) in [6, 6.07) is 7.95. The highest BCUT2D eigenvalue weighted by atomic mass is 32.1. The lowest BCUT2D eigenvalue weighted by Crippen LogP contribution is -2.25. The molecule has 1 aromatic carbocycles. The van der Waals surface area contributed by atoms with E-state index >= 15 is 0 Å². The Morgan fingerprint density at radius 3 is 2.83 bits per heavy atom. The van der Waals surface area contributed by atoms with E-state index in [0.717, 1.165) is 36.9 Å². The van der Waals surface area contributed by atoms with Gasteiger partial charge in [0.15, 0.2) is 0 Å². The maximum atomic E-state index is 5.73. The molecule has 1 saturated carbocycles. The average Bonchev–Trinajstić information content (AvgIpc) is 3.18. The number of nitrogens with two attached hydrogens (primary N) is 1. The Hall–Kier alpha value is -1.13. The van der Waals surface area contributed by atoms with Crippen molar-refractivity contribution in [2.45, 2.75) is 12.8 Å². The number of thiocarbonyl (C=S) groups is 1. The minimum Gasteiger partial charge on any atom is -0.389 e. The van der Waals surface area contributed by atoms with E-state index in [1.54, 1.807) is 0 Å². The zero-order valence-corrected chi connectivity index (χ0v) is 11.6. The summed E-state index contributed by atoms with van der Waals surface area (Å²) in [4.78, 5) is 2.58. The minimum absolute atomic E-state index is 0.441. The third-order valence-corrected chi connectivity index (χ3v) is 3.42. The van der Waals surface area contributed by atoms with Crippen molar-refractivity contribution in [2.24, 2.45) is 11.7 Å². The second-order valence-electron chi connectivity index (χ2n) is 4.82. The van der Waals surface area contributed by atoms with Gasteiger partial charge in [-0.25, -0.2) is 0 Å². The first-order chi connectivity index (χ1) is 8.68. The summed E-state index contributed by atoms with van der Waals surface area (Å²) in [5, 5.41) is 0. The molecule has 4 heteroatoms. The highest BCUT2D eigenvalue weighted by Gasteiger charge is 2.21. The van der Waals surface area contributed by atoms with Crippen molar-refractivity contribution < 1.29 is 4.74 Å². The van der Waals surface area contributed by atoms with Gasteiger partial charge in [0.2, 0.25) is 0 Å². The van der Waals surface area contributed by atoms with Crippen LogP contribution in [0.4, 0.5) is 5.69 Å². The number of nitrogens with zero attached hydrogens (tertiary/aromatic N) is 1. The Morgan fingerprint density at radius 1 is 1.44 bits per heavy atom. The van der Waals surface area contributed by atoms with Gasteiger partial charge in [-0.05, 0) is 30.9 Å². The Balaban J connectivity index is 1.86. The molecule has 18 heavy (non-hydrogen) atoms. The van der Waals surface area contributed by atoms with Crippen LogP contribution in [-0.4, -0.2) is 31.8 Å². The predicted octanol–water partition coefficient (Wildman–Crippen LogP) is 2.18.